The van der Waals surface area contributed by atoms with Crippen molar-refractivity contribution < 1.29 is 8.83 Å². The van der Waals surface area contributed by atoms with Gasteiger partial charge in [-0.2, -0.15) is 0 Å². The van der Waals surface area contributed by atoms with Crippen LogP contribution in [0.5, 0.6) is 0 Å². The van der Waals surface area contributed by atoms with Gasteiger partial charge in [0.15, 0.2) is 17.5 Å². The second-order valence-corrected chi connectivity index (χ2v) is 13.9. The van der Waals surface area contributed by atoms with Crippen LogP contribution in [-0.2, 0) is 5.41 Å². The second-order valence-electron chi connectivity index (χ2n) is 13.9. The van der Waals surface area contributed by atoms with Gasteiger partial charge in [-0.3, -0.25) is 0 Å². The van der Waals surface area contributed by atoms with Crippen molar-refractivity contribution in [2.45, 2.75) is 19.3 Å². The summed E-state index contributed by atoms with van der Waals surface area (Å²) in [5, 5.41) is 6.67. The molecular formula is C46H29N3O2. The Morgan fingerprint density at radius 1 is 0.451 bits per heavy atom. The van der Waals surface area contributed by atoms with Crippen molar-refractivity contribution in [1.82, 2.24) is 15.0 Å². The van der Waals surface area contributed by atoms with E-state index in [1.165, 1.54) is 33.0 Å². The quantitative estimate of drug-likeness (QED) is 0.189. The summed E-state index contributed by atoms with van der Waals surface area (Å²) in [6, 6.07) is 48.1. The van der Waals surface area contributed by atoms with Crippen molar-refractivity contribution in [2.24, 2.45) is 0 Å². The number of aromatic nitrogens is 3. The van der Waals surface area contributed by atoms with Gasteiger partial charge in [-0.25, -0.2) is 15.0 Å². The highest BCUT2D eigenvalue weighted by Crippen LogP contribution is 2.56. The number of benzene rings is 7. The van der Waals surface area contributed by atoms with Crippen molar-refractivity contribution in [2.75, 3.05) is 0 Å². The van der Waals surface area contributed by atoms with E-state index in [1.54, 1.807) is 0 Å². The van der Waals surface area contributed by atoms with Gasteiger partial charge in [0.25, 0.3) is 0 Å². The van der Waals surface area contributed by atoms with Crippen LogP contribution < -0.4 is 0 Å². The Hall–Kier alpha value is -6.59. The minimum absolute atomic E-state index is 0.199. The fourth-order valence-corrected chi connectivity index (χ4v) is 8.38. The molecule has 0 aliphatic heterocycles. The van der Waals surface area contributed by atoms with E-state index in [1.807, 2.05) is 60.7 Å². The van der Waals surface area contributed by atoms with Crippen LogP contribution in [-0.4, -0.2) is 15.0 Å². The first-order valence-electron chi connectivity index (χ1n) is 17.3. The number of hydrogen-bond acceptors (Lipinski definition) is 5. The van der Waals surface area contributed by atoms with Gasteiger partial charge in [-0.1, -0.05) is 129 Å². The lowest BCUT2D eigenvalue weighted by Crippen LogP contribution is -2.15. The molecule has 5 nitrogen and oxygen atoms in total. The summed E-state index contributed by atoms with van der Waals surface area (Å²) < 4.78 is 13.3. The third kappa shape index (κ3) is 3.94. The van der Waals surface area contributed by atoms with Gasteiger partial charge in [0.2, 0.25) is 0 Å². The highest BCUT2D eigenvalue weighted by atomic mass is 16.3. The van der Waals surface area contributed by atoms with E-state index in [-0.39, 0.29) is 5.41 Å². The lowest BCUT2D eigenvalue weighted by atomic mass is 9.79. The molecule has 3 aromatic heterocycles. The van der Waals surface area contributed by atoms with Crippen LogP contribution in [0, 0.1) is 0 Å². The zero-order valence-electron chi connectivity index (χ0n) is 27.9. The predicted octanol–water partition coefficient (Wildman–Crippen LogP) is 12.1. The molecule has 240 valence electrons. The Morgan fingerprint density at radius 2 is 1.08 bits per heavy atom. The molecule has 0 saturated heterocycles. The molecule has 0 unspecified atom stereocenters. The first-order chi connectivity index (χ1) is 25.0. The Kier molecular flexibility index (Phi) is 5.66. The molecule has 1 aliphatic carbocycles. The van der Waals surface area contributed by atoms with Gasteiger partial charge in [0, 0.05) is 43.5 Å². The van der Waals surface area contributed by atoms with Crippen LogP contribution in [0.15, 0.2) is 148 Å². The molecule has 5 heteroatoms. The van der Waals surface area contributed by atoms with E-state index < -0.39 is 0 Å². The fourth-order valence-electron chi connectivity index (χ4n) is 8.38. The molecule has 3 heterocycles. The Balaban J connectivity index is 1.16. The van der Waals surface area contributed by atoms with E-state index in [0.29, 0.717) is 17.5 Å². The summed E-state index contributed by atoms with van der Waals surface area (Å²) >= 11 is 0. The lowest BCUT2D eigenvalue weighted by Gasteiger charge is -2.22. The maximum atomic E-state index is 6.88. The molecule has 51 heavy (non-hydrogen) atoms. The smallest absolute Gasteiger partial charge is 0.167 e. The molecule has 0 bridgehead atoms. The highest BCUT2D eigenvalue weighted by molar-refractivity contribution is 6.23. The minimum atomic E-state index is -0.199. The predicted molar refractivity (Wildman–Crippen MR) is 206 cm³/mol. The molecule has 7 aromatic carbocycles. The molecule has 10 aromatic rings. The summed E-state index contributed by atoms with van der Waals surface area (Å²) in [7, 11) is 0. The van der Waals surface area contributed by atoms with Gasteiger partial charge in [-0.15, -0.1) is 0 Å². The summed E-state index contributed by atoms with van der Waals surface area (Å²) in [5.74, 6) is 1.71. The average molecular weight is 656 g/mol. The van der Waals surface area contributed by atoms with Crippen molar-refractivity contribution in [3.63, 3.8) is 0 Å². The van der Waals surface area contributed by atoms with Crippen molar-refractivity contribution >= 4 is 54.6 Å². The van der Waals surface area contributed by atoms with Crippen molar-refractivity contribution in [1.29, 1.82) is 0 Å². The maximum Gasteiger partial charge on any atom is 0.167 e. The fraction of sp³-hybridized carbons (Fsp3) is 0.0652. The molecule has 0 N–H and O–H groups in total. The Bertz CT molecular complexity index is 3060. The maximum absolute atomic E-state index is 6.88. The zero-order valence-corrected chi connectivity index (χ0v) is 27.9. The number of furan rings is 2. The van der Waals surface area contributed by atoms with E-state index in [9.17, 15) is 0 Å². The largest absolute Gasteiger partial charge is 0.455 e. The van der Waals surface area contributed by atoms with Crippen LogP contribution in [0.3, 0.4) is 0 Å². The molecule has 1 aliphatic rings. The van der Waals surface area contributed by atoms with Crippen LogP contribution >= 0.6 is 0 Å². The monoisotopic (exact) mass is 655 g/mol. The number of rotatable bonds is 3. The number of nitrogens with zero attached hydrogens (tertiary/aromatic N) is 3. The first kappa shape index (κ1) is 28.3. The summed E-state index contributed by atoms with van der Waals surface area (Å²) in [6.07, 6.45) is 0. The number of hydrogen-bond donors (Lipinski definition) is 0. The van der Waals surface area contributed by atoms with E-state index in [4.69, 9.17) is 23.8 Å². The minimum Gasteiger partial charge on any atom is -0.455 e. The first-order valence-corrected chi connectivity index (χ1v) is 17.3. The van der Waals surface area contributed by atoms with Gasteiger partial charge in [0.1, 0.15) is 22.3 Å². The summed E-state index contributed by atoms with van der Waals surface area (Å²) in [6.45, 7) is 4.66. The zero-order chi connectivity index (χ0) is 33.8. The Morgan fingerprint density at radius 3 is 1.94 bits per heavy atom. The molecular weight excluding hydrogens is 627 g/mol. The molecule has 11 rings (SSSR count). The third-order valence-corrected chi connectivity index (χ3v) is 10.7. The van der Waals surface area contributed by atoms with E-state index in [2.05, 4.69) is 92.7 Å². The number of fused-ring (bicyclic) bond motifs is 13. The SMILES string of the molecule is CC1(C)c2ccccc2-c2c1c1c3ccc(-c4nc(-c5ccccc5)nc(-c5cccc6c5oc5ccccc56)n4)cc3oc1c1ccccc21. The molecule has 0 radical (unpaired) electrons. The third-order valence-electron chi connectivity index (χ3n) is 10.7. The van der Waals surface area contributed by atoms with E-state index in [0.717, 1.165) is 60.6 Å². The molecule has 0 amide bonds. The standard InChI is InChI=1S/C46H29N3O2/c1-46(2)35-21-10-8-18-32(35)38-29-16-6-7-17-31(29)42-39(40(38)46)33-24-23-27(25-37(33)51-42)44-47-43(26-13-4-3-5-14-26)48-45(49-44)34-20-12-19-30-28-15-9-11-22-36(28)50-41(30)34/h3-25H,1-2H3. The summed E-state index contributed by atoms with van der Waals surface area (Å²) in [4.78, 5) is 15.2. The Labute approximate surface area is 292 Å². The molecule has 0 atom stereocenters. The van der Waals surface area contributed by atoms with Gasteiger partial charge in [-0.05, 0) is 51.9 Å². The van der Waals surface area contributed by atoms with Crippen LogP contribution in [0.2, 0.25) is 0 Å². The van der Waals surface area contributed by atoms with Crippen molar-refractivity contribution in [3.05, 3.63) is 151 Å². The number of para-hydroxylation sites is 2. The lowest BCUT2D eigenvalue weighted by molar-refractivity contribution is 0.659. The van der Waals surface area contributed by atoms with Gasteiger partial charge in [0.05, 0.1) is 5.56 Å². The highest BCUT2D eigenvalue weighted by Gasteiger charge is 2.39. The van der Waals surface area contributed by atoms with Crippen LogP contribution in [0.4, 0.5) is 0 Å². The van der Waals surface area contributed by atoms with Crippen molar-refractivity contribution in [3.8, 4) is 45.3 Å². The normalized spacial score (nSPS) is 13.5. The molecule has 0 fully saturated rings. The summed E-state index contributed by atoms with van der Waals surface area (Å²) in [5.41, 5.74) is 10.9. The van der Waals surface area contributed by atoms with Crippen LogP contribution in [0.25, 0.3) is 99.9 Å². The average Bonchev–Trinajstić information content (AvgIpc) is 3.83. The molecule has 0 spiro atoms. The van der Waals surface area contributed by atoms with Gasteiger partial charge < -0.3 is 8.83 Å². The molecule has 0 saturated carbocycles. The van der Waals surface area contributed by atoms with Gasteiger partial charge >= 0.3 is 0 Å². The van der Waals surface area contributed by atoms with Crippen LogP contribution in [0.1, 0.15) is 25.0 Å². The second kappa shape index (κ2) is 10.2. The topological polar surface area (TPSA) is 65.0 Å². The van der Waals surface area contributed by atoms with E-state index >= 15 is 0 Å².